The van der Waals surface area contributed by atoms with Gasteiger partial charge in [0.2, 0.25) is 5.91 Å². The molecule has 0 spiro atoms. The number of carbonyl (C=O) groups is 1. The largest absolute Gasteiger partial charge is 0.493 e. The summed E-state index contributed by atoms with van der Waals surface area (Å²) in [4.78, 5) is 19.3. The lowest BCUT2D eigenvalue weighted by Gasteiger charge is -2.36. The normalized spacial score (nSPS) is 16.6. The average Bonchev–Trinajstić information content (AvgIpc) is 3.56. The Balaban J connectivity index is 1.30. The van der Waals surface area contributed by atoms with E-state index in [-0.39, 0.29) is 11.9 Å². The zero-order valence-electron chi connectivity index (χ0n) is 21.0. The fourth-order valence-electron chi connectivity index (χ4n) is 5.41. The second kappa shape index (κ2) is 10.1. The Kier molecular flexibility index (Phi) is 6.41. The molecular formula is C31H31N3O3. The molecule has 2 N–H and O–H groups in total. The first-order valence-corrected chi connectivity index (χ1v) is 12.9. The van der Waals surface area contributed by atoms with Crippen molar-refractivity contribution >= 4 is 22.9 Å². The summed E-state index contributed by atoms with van der Waals surface area (Å²) in [5.41, 5.74) is 6.81. The van der Waals surface area contributed by atoms with Crippen LogP contribution in [-0.2, 0) is 17.6 Å². The van der Waals surface area contributed by atoms with Crippen LogP contribution in [0.1, 0.15) is 34.0 Å². The molecule has 6 rings (SSSR count). The molecule has 1 aromatic heterocycles. The number of ether oxygens (including phenoxy) is 2. The van der Waals surface area contributed by atoms with Crippen molar-refractivity contribution in [2.45, 2.75) is 18.9 Å². The first kappa shape index (κ1) is 23.4. The zero-order chi connectivity index (χ0) is 25.2. The molecule has 0 saturated carbocycles. The van der Waals surface area contributed by atoms with Crippen LogP contribution in [0, 0.1) is 0 Å². The number of aromatic nitrogens is 1. The van der Waals surface area contributed by atoms with Crippen LogP contribution < -0.4 is 14.8 Å². The highest BCUT2D eigenvalue weighted by Crippen LogP contribution is 2.40. The smallest absolute Gasteiger partial charge is 0.247 e. The molecule has 0 unspecified atom stereocenters. The van der Waals surface area contributed by atoms with Crippen molar-refractivity contribution in [1.29, 1.82) is 0 Å². The van der Waals surface area contributed by atoms with Gasteiger partial charge < -0.3 is 24.7 Å². The van der Waals surface area contributed by atoms with Crippen LogP contribution >= 0.6 is 0 Å². The molecule has 0 aliphatic carbocycles. The maximum absolute atomic E-state index is 13.6. The van der Waals surface area contributed by atoms with E-state index >= 15 is 0 Å². The summed E-state index contributed by atoms with van der Waals surface area (Å²) in [5.74, 6) is 1.77. The third-order valence-corrected chi connectivity index (χ3v) is 7.27. The lowest BCUT2D eigenvalue weighted by molar-refractivity contribution is -0.128. The molecule has 188 valence electrons. The Hall–Kier alpha value is -4.03. The van der Waals surface area contributed by atoms with Gasteiger partial charge in [0.1, 0.15) is 18.1 Å². The predicted octanol–water partition coefficient (Wildman–Crippen LogP) is 4.89. The van der Waals surface area contributed by atoms with Gasteiger partial charge in [0.15, 0.2) is 0 Å². The third kappa shape index (κ3) is 4.60. The summed E-state index contributed by atoms with van der Waals surface area (Å²) in [6, 6.07) is 22.4. The monoisotopic (exact) mass is 493 g/mol. The fourth-order valence-corrected chi connectivity index (χ4v) is 5.41. The van der Waals surface area contributed by atoms with Crippen LogP contribution in [0.15, 0.2) is 72.8 Å². The molecule has 0 radical (unpaired) electrons. The minimum atomic E-state index is -0.179. The predicted molar refractivity (Wildman–Crippen MR) is 146 cm³/mol. The minimum Gasteiger partial charge on any atom is -0.493 e. The first-order valence-electron chi connectivity index (χ1n) is 12.9. The summed E-state index contributed by atoms with van der Waals surface area (Å²) in [6.45, 7) is 2.79. The number of amides is 1. The number of aromatic amines is 1. The van der Waals surface area contributed by atoms with Gasteiger partial charge in [-0.3, -0.25) is 4.79 Å². The number of fused-ring (bicyclic) bond motifs is 4. The van der Waals surface area contributed by atoms with Crippen LogP contribution in [0.5, 0.6) is 11.5 Å². The molecule has 0 saturated heterocycles. The molecule has 3 heterocycles. The van der Waals surface area contributed by atoms with Crippen molar-refractivity contribution in [3.8, 4) is 11.5 Å². The van der Waals surface area contributed by atoms with Crippen molar-refractivity contribution in [3.63, 3.8) is 0 Å². The molecular weight excluding hydrogens is 462 g/mol. The third-order valence-electron chi connectivity index (χ3n) is 7.27. The van der Waals surface area contributed by atoms with Gasteiger partial charge in [-0.1, -0.05) is 36.4 Å². The number of hydrogen-bond donors (Lipinski definition) is 2. The molecule has 2 aliphatic rings. The van der Waals surface area contributed by atoms with E-state index in [0.29, 0.717) is 19.8 Å². The molecule has 37 heavy (non-hydrogen) atoms. The topological polar surface area (TPSA) is 66.6 Å². The van der Waals surface area contributed by atoms with Crippen molar-refractivity contribution in [3.05, 3.63) is 101 Å². The molecule has 0 fully saturated rings. The van der Waals surface area contributed by atoms with Gasteiger partial charge in [0.25, 0.3) is 0 Å². The van der Waals surface area contributed by atoms with E-state index in [1.54, 1.807) is 6.08 Å². The van der Waals surface area contributed by atoms with Crippen molar-refractivity contribution in [2.75, 3.05) is 33.4 Å². The van der Waals surface area contributed by atoms with E-state index in [1.807, 2.05) is 48.4 Å². The number of H-pyrrole nitrogens is 1. The van der Waals surface area contributed by atoms with E-state index in [0.717, 1.165) is 53.2 Å². The maximum Gasteiger partial charge on any atom is 0.247 e. The van der Waals surface area contributed by atoms with Gasteiger partial charge >= 0.3 is 0 Å². The van der Waals surface area contributed by atoms with E-state index in [2.05, 4.69) is 46.7 Å². The van der Waals surface area contributed by atoms with Crippen LogP contribution in [0.2, 0.25) is 0 Å². The van der Waals surface area contributed by atoms with Crippen LogP contribution in [0.3, 0.4) is 0 Å². The minimum absolute atomic E-state index is 0.000372. The van der Waals surface area contributed by atoms with Gasteiger partial charge in [0.05, 0.1) is 12.6 Å². The van der Waals surface area contributed by atoms with Crippen molar-refractivity contribution < 1.29 is 14.3 Å². The highest BCUT2D eigenvalue weighted by molar-refractivity contribution is 5.93. The lowest BCUT2D eigenvalue weighted by atomic mass is 9.91. The Morgan fingerprint density at radius 3 is 2.86 bits per heavy atom. The van der Waals surface area contributed by atoms with Crippen LogP contribution in [0.4, 0.5) is 0 Å². The average molecular weight is 494 g/mol. The van der Waals surface area contributed by atoms with Crippen LogP contribution in [0.25, 0.3) is 17.0 Å². The number of hydrogen-bond acceptors (Lipinski definition) is 4. The Bertz CT molecular complexity index is 1450. The number of carbonyl (C=O) groups excluding carboxylic acids is 1. The number of rotatable bonds is 7. The van der Waals surface area contributed by atoms with Crippen molar-refractivity contribution in [2.24, 2.45) is 0 Å². The highest BCUT2D eigenvalue weighted by atomic mass is 16.5. The van der Waals surface area contributed by atoms with Gasteiger partial charge in [0, 0.05) is 42.2 Å². The number of para-hydroxylation sites is 1. The molecule has 6 nitrogen and oxygen atoms in total. The standard InChI is InChI=1S/C31H31N3O3/c1-32-16-19-36-24-10-6-21(7-11-24)8-13-29(35)34-17-14-26-25-4-2-3-5-27(25)33-30(26)31(34)23-9-12-28-22(20-23)15-18-37-28/h2-13,20,31-33H,14-19H2,1H3/t31-/m1/s1. The summed E-state index contributed by atoms with van der Waals surface area (Å²) in [7, 11) is 1.90. The second-order valence-electron chi connectivity index (χ2n) is 9.57. The van der Waals surface area contributed by atoms with E-state index < -0.39 is 0 Å². The molecule has 1 atom stereocenters. The molecule has 6 heteroatoms. The highest BCUT2D eigenvalue weighted by Gasteiger charge is 2.34. The molecule has 0 bridgehead atoms. The summed E-state index contributed by atoms with van der Waals surface area (Å²) < 4.78 is 11.4. The number of benzene rings is 3. The first-order chi connectivity index (χ1) is 18.2. The molecule has 2 aliphatic heterocycles. The van der Waals surface area contributed by atoms with Gasteiger partial charge in [-0.2, -0.15) is 0 Å². The zero-order valence-corrected chi connectivity index (χ0v) is 21.0. The number of likely N-dealkylation sites (N-methyl/N-ethyl adjacent to an activating group) is 1. The molecule has 4 aromatic rings. The SMILES string of the molecule is CNCCOc1ccc(C=CC(=O)N2CCc3c([nH]c4ccccc34)[C@H]2c2ccc3c(c2)CCO3)cc1. The van der Waals surface area contributed by atoms with E-state index in [1.165, 1.54) is 16.5 Å². The summed E-state index contributed by atoms with van der Waals surface area (Å²) in [6.07, 6.45) is 5.29. The van der Waals surface area contributed by atoms with Gasteiger partial charge in [-0.05, 0) is 72.1 Å². The van der Waals surface area contributed by atoms with Crippen molar-refractivity contribution in [1.82, 2.24) is 15.2 Å². The molecule has 3 aromatic carbocycles. The Morgan fingerprint density at radius 2 is 2.00 bits per heavy atom. The quantitative estimate of drug-likeness (QED) is 0.284. The summed E-state index contributed by atoms with van der Waals surface area (Å²) in [5, 5.41) is 4.31. The lowest BCUT2D eigenvalue weighted by Crippen LogP contribution is -2.39. The van der Waals surface area contributed by atoms with E-state index in [4.69, 9.17) is 9.47 Å². The maximum atomic E-state index is 13.6. The van der Waals surface area contributed by atoms with Gasteiger partial charge in [-0.15, -0.1) is 0 Å². The summed E-state index contributed by atoms with van der Waals surface area (Å²) >= 11 is 0. The second-order valence-corrected chi connectivity index (χ2v) is 9.57. The Labute approximate surface area is 216 Å². The van der Waals surface area contributed by atoms with E-state index in [9.17, 15) is 4.79 Å². The molecule has 1 amide bonds. The Morgan fingerprint density at radius 1 is 1.14 bits per heavy atom. The fraction of sp³-hybridized carbons (Fsp3) is 0.258. The number of nitrogens with zero attached hydrogens (tertiary/aromatic N) is 1. The van der Waals surface area contributed by atoms with Gasteiger partial charge in [-0.25, -0.2) is 0 Å². The number of nitrogens with one attached hydrogen (secondary N) is 2. The van der Waals surface area contributed by atoms with Crippen LogP contribution in [-0.4, -0.2) is 49.1 Å².